The SMILES string of the molecule is O=C1CCC(Nc2ccc(N3CCC(N4CCC(NC(=O)[C@H]5CC[C@H](Nc6ncc(F)c(-c7cccc(-c8ccc[nH]c8=O)c7)n6)CC5)CC4)C(F)C3)c(F)c2)C(=O)N1. The molecule has 59 heavy (non-hydrogen) atoms. The van der Waals surface area contributed by atoms with Crippen molar-refractivity contribution in [3.05, 3.63) is 89.0 Å². The smallest absolute Gasteiger partial charge is 0.255 e. The molecule has 8 rings (SSSR count). The van der Waals surface area contributed by atoms with E-state index < -0.39 is 29.8 Å². The molecule has 0 spiro atoms. The Labute approximate surface area is 339 Å². The van der Waals surface area contributed by atoms with Crippen LogP contribution in [0.2, 0.25) is 0 Å². The summed E-state index contributed by atoms with van der Waals surface area (Å²) in [5.74, 6) is -1.63. The summed E-state index contributed by atoms with van der Waals surface area (Å²) >= 11 is 0. The monoisotopic (exact) mass is 811 g/mol. The highest BCUT2D eigenvalue weighted by Gasteiger charge is 2.37. The number of likely N-dealkylation sites (tertiary alicyclic amines) is 1. The molecule has 310 valence electrons. The second-order valence-corrected chi connectivity index (χ2v) is 16.0. The van der Waals surface area contributed by atoms with E-state index in [0.29, 0.717) is 79.3 Å². The lowest BCUT2D eigenvalue weighted by atomic mass is 9.85. The van der Waals surface area contributed by atoms with Gasteiger partial charge in [0.25, 0.3) is 5.56 Å². The van der Waals surface area contributed by atoms with E-state index >= 15 is 8.78 Å². The third-order valence-corrected chi connectivity index (χ3v) is 12.2. The fourth-order valence-electron chi connectivity index (χ4n) is 8.91. The number of nitrogens with zero attached hydrogens (tertiary/aromatic N) is 4. The van der Waals surface area contributed by atoms with Crippen LogP contribution in [-0.4, -0.2) is 94.1 Å². The first kappa shape index (κ1) is 40.0. The summed E-state index contributed by atoms with van der Waals surface area (Å²) in [6, 6.07) is 14.2. The maximum Gasteiger partial charge on any atom is 0.255 e. The van der Waals surface area contributed by atoms with E-state index in [9.17, 15) is 23.6 Å². The molecule has 4 fully saturated rings. The minimum absolute atomic E-state index is 0.0129. The molecule has 3 amide bonds. The number of hydrogen-bond acceptors (Lipinski definition) is 10. The molecule has 2 aromatic heterocycles. The number of rotatable bonds is 10. The van der Waals surface area contributed by atoms with Crippen LogP contribution in [0.25, 0.3) is 22.4 Å². The number of carbonyl (C=O) groups is 3. The first-order valence-corrected chi connectivity index (χ1v) is 20.5. The van der Waals surface area contributed by atoms with Gasteiger partial charge in [-0.1, -0.05) is 18.2 Å². The Kier molecular flexibility index (Phi) is 11.9. The molecule has 5 N–H and O–H groups in total. The van der Waals surface area contributed by atoms with Crippen molar-refractivity contribution < 1.29 is 27.6 Å². The zero-order valence-corrected chi connectivity index (χ0v) is 32.6. The van der Waals surface area contributed by atoms with Gasteiger partial charge in [0, 0.05) is 73.1 Å². The highest BCUT2D eigenvalue weighted by molar-refractivity contribution is 6.01. The second-order valence-electron chi connectivity index (χ2n) is 16.0. The summed E-state index contributed by atoms with van der Waals surface area (Å²) in [6.07, 6.45) is 6.87. The number of hydrogen-bond donors (Lipinski definition) is 5. The number of aromatic amines is 1. The molecule has 2 aromatic carbocycles. The molecule has 13 nitrogen and oxygen atoms in total. The number of aromatic nitrogens is 3. The Hall–Kier alpha value is -5.77. The molecule has 16 heteroatoms. The lowest BCUT2D eigenvalue weighted by Crippen LogP contribution is -2.56. The van der Waals surface area contributed by atoms with Crippen LogP contribution in [-0.2, 0) is 14.4 Å². The van der Waals surface area contributed by atoms with Gasteiger partial charge >= 0.3 is 0 Å². The van der Waals surface area contributed by atoms with Gasteiger partial charge < -0.3 is 25.8 Å². The number of imide groups is 1. The highest BCUT2D eigenvalue weighted by atomic mass is 19.1. The number of halogens is 3. The lowest BCUT2D eigenvalue weighted by molar-refractivity contribution is -0.133. The number of amides is 3. The number of benzene rings is 2. The van der Waals surface area contributed by atoms with Crippen LogP contribution >= 0.6 is 0 Å². The lowest BCUT2D eigenvalue weighted by Gasteiger charge is -2.44. The average Bonchev–Trinajstić information content (AvgIpc) is 3.23. The zero-order valence-electron chi connectivity index (χ0n) is 32.6. The van der Waals surface area contributed by atoms with Crippen molar-refractivity contribution in [2.24, 2.45) is 5.92 Å². The summed E-state index contributed by atoms with van der Waals surface area (Å²) in [4.78, 5) is 64.4. The normalized spacial score (nSPS) is 24.3. The molecule has 0 bridgehead atoms. The number of carbonyl (C=O) groups excluding carboxylic acids is 3. The summed E-state index contributed by atoms with van der Waals surface area (Å²) in [6.45, 7) is 1.89. The highest BCUT2D eigenvalue weighted by Crippen LogP contribution is 2.32. The Balaban J connectivity index is 0.772. The van der Waals surface area contributed by atoms with Crippen molar-refractivity contribution in [3.8, 4) is 22.4 Å². The van der Waals surface area contributed by atoms with Crippen LogP contribution in [0.4, 0.5) is 30.5 Å². The predicted octanol–water partition coefficient (Wildman–Crippen LogP) is 5.16. The van der Waals surface area contributed by atoms with Crippen LogP contribution in [0.5, 0.6) is 0 Å². The van der Waals surface area contributed by atoms with Gasteiger partial charge in [-0.3, -0.25) is 29.4 Å². The molecular weight excluding hydrogens is 764 g/mol. The standard InChI is InChI=1S/C43H48F3N9O4/c44-32-22-30(49-35-11-13-38(56)52-42(35)59)10-12-36(32)55-20-16-37(34(46)24-55)54-18-14-29(15-19-54)50-40(57)25-6-8-28(9-7-25)51-43-48-23-33(45)39(53-43)27-4-1-3-26(21-27)31-5-2-17-47-41(31)58/h1-5,10,12,17,21-23,25,28-29,34-35,37,49H,6-9,11,13-16,18-20,24H2,(H,47,58)(H,50,57)(H,48,51,53)(H,52,56,59)/t25-,28-,34?,35?,37?. The quantitative estimate of drug-likeness (QED) is 0.135. The molecule has 3 aliphatic heterocycles. The molecule has 1 saturated carbocycles. The molecule has 3 unspecified atom stereocenters. The van der Waals surface area contributed by atoms with E-state index in [2.05, 4.69) is 41.1 Å². The summed E-state index contributed by atoms with van der Waals surface area (Å²) in [7, 11) is 0. The summed E-state index contributed by atoms with van der Waals surface area (Å²) < 4.78 is 45.9. The fourth-order valence-corrected chi connectivity index (χ4v) is 8.91. The van der Waals surface area contributed by atoms with E-state index in [4.69, 9.17) is 0 Å². The first-order chi connectivity index (χ1) is 28.6. The van der Waals surface area contributed by atoms with E-state index in [-0.39, 0.29) is 60.1 Å². The largest absolute Gasteiger partial charge is 0.374 e. The average molecular weight is 812 g/mol. The number of alkyl halides is 1. The van der Waals surface area contributed by atoms with Crippen LogP contribution in [0.3, 0.4) is 0 Å². The van der Waals surface area contributed by atoms with Crippen LogP contribution in [0.1, 0.15) is 57.8 Å². The Morgan fingerprint density at radius 2 is 1.61 bits per heavy atom. The van der Waals surface area contributed by atoms with Gasteiger partial charge in [0.2, 0.25) is 23.7 Å². The number of piperidine rings is 3. The van der Waals surface area contributed by atoms with Gasteiger partial charge in [-0.05, 0) is 93.3 Å². The number of anilines is 3. The summed E-state index contributed by atoms with van der Waals surface area (Å²) in [5.41, 5.74) is 2.26. The van der Waals surface area contributed by atoms with Gasteiger partial charge in [-0.25, -0.2) is 23.1 Å². The van der Waals surface area contributed by atoms with E-state index in [1.807, 2.05) is 0 Å². The third-order valence-electron chi connectivity index (χ3n) is 12.2. The molecule has 4 aliphatic rings. The maximum atomic E-state index is 15.7. The second kappa shape index (κ2) is 17.6. The van der Waals surface area contributed by atoms with Crippen LogP contribution < -0.4 is 31.7 Å². The van der Waals surface area contributed by atoms with E-state index in [1.165, 1.54) is 6.07 Å². The van der Waals surface area contributed by atoms with E-state index in [1.54, 1.807) is 59.6 Å². The summed E-state index contributed by atoms with van der Waals surface area (Å²) in [5, 5.41) is 11.8. The molecular formula is C43H48F3N9O4. The van der Waals surface area contributed by atoms with E-state index in [0.717, 1.165) is 31.9 Å². The number of nitrogens with one attached hydrogen (secondary N) is 5. The number of pyridine rings is 1. The van der Waals surface area contributed by atoms with Gasteiger partial charge in [0.1, 0.15) is 23.7 Å². The van der Waals surface area contributed by atoms with Gasteiger partial charge in [0.15, 0.2) is 5.82 Å². The third kappa shape index (κ3) is 9.27. The van der Waals surface area contributed by atoms with Crippen LogP contribution in [0.15, 0.2) is 71.8 Å². The Bertz CT molecular complexity index is 2240. The maximum absolute atomic E-state index is 15.7. The van der Waals surface area contributed by atoms with Crippen molar-refractivity contribution in [2.75, 3.05) is 41.7 Å². The zero-order chi connectivity index (χ0) is 41.0. The molecule has 3 atom stereocenters. The topological polar surface area (TPSA) is 164 Å². The molecule has 5 heterocycles. The first-order valence-electron chi connectivity index (χ1n) is 20.5. The van der Waals surface area contributed by atoms with Gasteiger partial charge in [0.05, 0.1) is 18.4 Å². The minimum atomic E-state index is -1.18. The van der Waals surface area contributed by atoms with Crippen molar-refractivity contribution in [2.45, 2.75) is 88.1 Å². The number of H-pyrrole nitrogens is 1. The minimum Gasteiger partial charge on any atom is -0.374 e. The van der Waals surface area contributed by atoms with Crippen molar-refractivity contribution >= 4 is 35.0 Å². The van der Waals surface area contributed by atoms with Crippen molar-refractivity contribution in [1.29, 1.82) is 0 Å². The van der Waals surface area contributed by atoms with Crippen LogP contribution in [0, 0.1) is 17.6 Å². The predicted molar refractivity (Wildman–Crippen MR) is 217 cm³/mol. The Morgan fingerprint density at radius 3 is 2.36 bits per heavy atom. The molecule has 3 saturated heterocycles. The molecule has 4 aromatic rings. The van der Waals surface area contributed by atoms with Gasteiger partial charge in [-0.15, -0.1) is 0 Å². The van der Waals surface area contributed by atoms with Crippen molar-refractivity contribution in [3.63, 3.8) is 0 Å². The fraction of sp³-hybridized carbons (Fsp3) is 0.442. The van der Waals surface area contributed by atoms with Gasteiger partial charge in [-0.2, -0.15) is 0 Å². The molecule has 1 aliphatic carbocycles. The Morgan fingerprint density at radius 1 is 0.814 bits per heavy atom. The molecule has 0 radical (unpaired) electrons. The van der Waals surface area contributed by atoms with Crippen molar-refractivity contribution in [1.82, 2.24) is 30.5 Å².